The van der Waals surface area contributed by atoms with E-state index in [4.69, 9.17) is 4.74 Å². The molecule has 0 unspecified atom stereocenters. The van der Waals surface area contributed by atoms with Gasteiger partial charge in [-0.2, -0.15) is 0 Å². The van der Waals surface area contributed by atoms with Gasteiger partial charge < -0.3 is 14.6 Å². The second-order valence-corrected chi connectivity index (χ2v) is 3.52. The summed E-state index contributed by atoms with van der Waals surface area (Å²) in [6, 6.07) is 5.39. The highest BCUT2D eigenvalue weighted by Crippen LogP contribution is 2.30. The van der Waals surface area contributed by atoms with E-state index in [9.17, 15) is 9.90 Å². The fourth-order valence-electron chi connectivity index (χ4n) is 1.46. The molecule has 0 aliphatic rings. The van der Waals surface area contributed by atoms with Crippen LogP contribution in [0.15, 0.2) is 18.2 Å². The summed E-state index contributed by atoms with van der Waals surface area (Å²) >= 11 is 0. The molecule has 0 aliphatic carbocycles. The van der Waals surface area contributed by atoms with Gasteiger partial charge in [-0.1, -0.05) is 12.1 Å². The second kappa shape index (κ2) is 5.39. The number of hydrogen-bond donors (Lipinski definition) is 1. The lowest BCUT2D eigenvalue weighted by Crippen LogP contribution is -1.94. The first-order valence-corrected chi connectivity index (χ1v) is 4.99. The molecule has 82 valence electrons. The maximum atomic E-state index is 10.8. The SMILES string of the molecule is COc1cccc(CCCC(C)=O)c1O. The van der Waals surface area contributed by atoms with Gasteiger partial charge in [-0.3, -0.25) is 0 Å². The first-order valence-electron chi connectivity index (χ1n) is 4.99. The number of methoxy groups -OCH3 is 1. The molecule has 3 nitrogen and oxygen atoms in total. The minimum absolute atomic E-state index is 0.178. The van der Waals surface area contributed by atoms with E-state index in [2.05, 4.69) is 0 Å². The van der Waals surface area contributed by atoms with Gasteiger partial charge in [-0.25, -0.2) is 0 Å². The number of ether oxygens (including phenoxy) is 1. The molecule has 0 radical (unpaired) electrons. The lowest BCUT2D eigenvalue weighted by Gasteiger charge is -2.07. The lowest BCUT2D eigenvalue weighted by atomic mass is 10.1. The normalized spacial score (nSPS) is 10.0. The highest BCUT2D eigenvalue weighted by molar-refractivity contribution is 5.75. The van der Waals surface area contributed by atoms with Crippen molar-refractivity contribution >= 4 is 5.78 Å². The zero-order valence-corrected chi connectivity index (χ0v) is 9.12. The first-order chi connectivity index (χ1) is 7.15. The molecule has 1 N–H and O–H groups in total. The Morgan fingerprint density at radius 2 is 2.20 bits per heavy atom. The van der Waals surface area contributed by atoms with E-state index in [1.807, 2.05) is 12.1 Å². The Balaban J connectivity index is 2.64. The molecule has 15 heavy (non-hydrogen) atoms. The predicted molar refractivity (Wildman–Crippen MR) is 58.3 cm³/mol. The molecular formula is C12H16O3. The Hall–Kier alpha value is -1.51. The van der Waals surface area contributed by atoms with Crippen molar-refractivity contribution in [3.8, 4) is 11.5 Å². The van der Waals surface area contributed by atoms with Gasteiger partial charge in [0.15, 0.2) is 11.5 Å². The maximum Gasteiger partial charge on any atom is 0.160 e. The van der Waals surface area contributed by atoms with E-state index in [0.717, 1.165) is 12.0 Å². The molecule has 1 rings (SSSR count). The summed E-state index contributed by atoms with van der Waals surface area (Å²) in [5.74, 6) is 0.844. The number of hydrogen-bond acceptors (Lipinski definition) is 3. The van der Waals surface area contributed by atoms with Crippen LogP contribution in [0, 0.1) is 0 Å². The molecule has 3 heteroatoms. The van der Waals surface area contributed by atoms with Crippen molar-refractivity contribution in [1.29, 1.82) is 0 Å². The Morgan fingerprint density at radius 3 is 2.80 bits per heavy atom. The molecular weight excluding hydrogens is 192 g/mol. The smallest absolute Gasteiger partial charge is 0.160 e. The number of Topliss-reactive ketones (excluding diaryl/α,β-unsaturated/α-hetero) is 1. The molecule has 1 aromatic carbocycles. The minimum atomic E-state index is 0.178. The molecule has 0 fully saturated rings. The summed E-state index contributed by atoms with van der Waals surface area (Å²) in [5.41, 5.74) is 0.829. The largest absolute Gasteiger partial charge is 0.504 e. The van der Waals surface area contributed by atoms with Gasteiger partial charge in [0.25, 0.3) is 0 Å². The van der Waals surface area contributed by atoms with Crippen LogP contribution in [0.4, 0.5) is 0 Å². The van der Waals surface area contributed by atoms with Crippen molar-refractivity contribution in [3.05, 3.63) is 23.8 Å². The Bertz CT molecular complexity index is 345. The van der Waals surface area contributed by atoms with E-state index in [0.29, 0.717) is 18.6 Å². The summed E-state index contributed by atoms with van der Waals surface area (Å²) < 4.78 is 5.00. The van der Waals surface area contributed by atoms with Crippen LogP contribution in [-0.4, -0.2) is 18.0 Å². The number of benzene rings is 1. The molecule has 0 amide bonds. The second-order valence-electron chi connectivity index (χ2n) is 3.52. The number of phenolic OH excluding ortho intramolecular Hbond substituents is 1. The zero-order valence-electron chi connectivity index (χ0n) is 9.12. The average molecular weight is 208 g/mol. The van der Waals surface area contributed by atoms with Crippen molar-refractivity contribution in [2.24, 2.45) is 0 Å². The number of aryl methyl sites for hydroxylation is 1. The fraction of sp³-hybridized carbons (Fsp3) is 0.417. The summed E-state index contributed by atoms with van der Waals surface area (Å²) in [6.07, 6.45) is 2.01. The van der Waals surface area contributed by atoms with Gasteiger partial charge in [0.1, 0.15) is 5.78 Å². The van der Waals surface area contributed by atoms with E-state index in [1.54, 1.807) is 13.0 Å². The molecule has 0 spiro atoms. The minimum Gasteiger partial charge on any atom is -0.504 e. The molecule has 1 aromatic rings. The Morgan fingerprint density at radius 1 is 1.47 bits per heavy atom. The third-order valence-electron chi connectivity index (χ3n) is 2.28. The molecule has 0 saturated heterocycles. The van der Waals surface area contributed by atoms with Gasteiger partial charge in [0.05, 0.1) is 7.11 Å². The van der Waals surface area contributed by atoms with Crippen LogP contribution in [0.25, 0.3) is 0 Å². The third-order valence-corrected chi connectivity index (χ3v) is 2.28. The van der Waals surface area contributed by atoms with Crippen LogP contribution >= 0.6 is 0 Å². The van der Waals surface area contributed by atoms with E-state index in [1.165, 1.54) is 7.11 Å². The summed E-state index contributed by atoms with van der Waals surface area (Å²) in [5, 5.41) is 9.74. The van der Waals surface area contributed by atoms with Gasteiger partial charge in [0, 0.05) is 6.42 Å². The molecule has 0 heterocycles. The van der Waals surface area contributed by atoms with Crippen molar-refractivity contribution in [2.75, 3.05) is 7.11 Å². The molecule has 0 atom stereocenters. The first kappa shape index (κ1) is 11.6. The highest BCUT2D eigenvalue weighted by atomic mass is 16.5. The van der Waals surface area contributed by atoms with Crippen molar-refractivity contribution in [3.63, 3.8) is 0 Å². The van der Waals surface area contributed by atoms with Crippen molar-refractivity contribution < 1.29 is 14.6 Å². The van der Waals surface area contributed by atoms with E-state index < -0.39 is 0 Å². The standard InChI is InChI=1S/C12H16O3/c1-9(13)5-3-6-10-7-4-8-11(15-2)12(10)14/h4,7-8,14H,3,5-6H2,1-2H3. The highest BCUT2D eigenvalue weighted by Gasteiger charge is 2.06. The Labute approximate surface area is 89.7 Å². The van der Waals surface area contributed by atoms with E-state index in [-0.39, 0.29) is 11.5 Å². The lowest BCUT2D eigenvalue weighted by molar-refractivity contribution is -0.117. The van der Waals surface area contributed by atoms with Gasteiger partial charge in [-0.05, 0) is 31.4 Å². The number of carbonyl (C=O) groups is 1. The predicted octanol–water partition coefficient (Wildman–Crippen LogP) is 2.31. The monoisotopic (exact) mass is 208 g/mol. The van der Waals surface area contributed by atoms with Crippen LogP contribution in [0.5, 0.6) is 11.5 Å². The van der Waals surface area contributed by atoms with Crippen LogP contribution in [0.1, 0.15) is 25.3 Å². The summed E-state index contributed by atoms with van der Waals surface area (Å²) in [4.78, 5) is 10.8. The fourth-order valence-corrected chi connectivity index (χ4v) is 1.46. The van der Waals surface area contributed by atoms with Gasteiger partial charge >= 0.3 is 0 Å². The molecule has 0 bridgehead atoms. The van der Waals surface area contributed by atoms with Crippen molar-refractivity contribution in [1.82, 2.24) is 0 Å². The van der Waals surface area contributed by atoms with Crippen LogP contribution < -0.4 is 4.74 Å². The van der Waals surface area contributed by atoms with Crippen LogP contribution in [-0.2, 0) is 11.2 Å². The molecule has 0 saturated carbocycles. The number of phenols is 1. The number of rotatable bonds is 5. The summed E-state index contributed by atoms with van der Waals surface area (Å²) in [7, 11) is 1.52. The number of ketones is 1. The maximum absolute atomic E-state index is 10.8. The van der Waals surface area contributed by atoms with Gasteiger partial charge in [-0.15, -0.1) is 0 Å². The number of para-hydroxylation sites is 1. The zero-order chi connectivity index (χ0) is 11.3. The van der Waals surface area contributed by atoms with Crippen LogP contribution in [0.3, 0.4) is 0 Å². The quantitative estimate of drug-likeness (QED) is 0.807. The topological polar surface area (TPSA) is 46.5 Å². The summed E-state index contributed by atoms with van der Waals surface area (Å²) in [6.45, 7) is 1.57. The number of aromatic hydroxyl groups is 1. The number of carbonyl (C=O) groups excluding carboxylic acids is 1. The third kappa shape index (κ3) is 3.27. The molecule has 0 aliphatic heterocycles. The average Bonchev–Trinajstić information content (AvgIpc) is 2.20. The molecule has 0 aromatic heterocycles. The van der Waals surface area contributed by atoms with Gasteiger partial charge in [0.2, 0.25) is 0 Å². The Kier molecular flexibility index (Phi) is 4.16. The van der Waals surface area contributed by atoms with Crippen LogP contribution in [0.2, 0.25) is 0 Å². The van der Waals surface area contributed by atoms with Crippen molar-refractivity contribution in [2.45, 2.75) is 26.2 Å². The van der Waals surface area contributed by atoms with E-state index >= 15 is 0 Å².